The van der Waals surface area contributed by atoms with Crippen molar-refractivity contribution < 1.29 is 13.2 Å². The molecule has 1 aliphatic heterocycles. The number of hydrogen-bond acceptors (Lipinski definition) is 2. The first kappa shape index (κ1) is 15.3. The van der Waals surface area contributed by atoms with E-state index in [9.17, 15) is 13.2 Å². The minimum Gasteiger partial charge on any atom is -0.319 e. The number of hydrogen-bond donors (Lipinski definition) is 1. The van der Waals surface area contributed by atoms with Crippen molar-refractivity contribution in [2.45, 2.75) is 25.6 Å². The molecule has 1 heterocycles. The van der Waals surface area contributed by atoms with Gasteiger partial charge in [0.1, 0.15) is 0 Å². The van der Waals surface area contributed by atoms with Gasteiger partial charge in [0.15, 0.2) is 0 Å². The zero-order valence-corrected chi connectivity index (χ0v) is 11.7. The maximum absolute atomic E-state index is 12.5. The van der Waals surface area contributed by atoms with Crippen LogP contribution in [0.2, 0.25) is 0 Å². The highest BCUT2D eigenvalue weighted by Crippen LogP contribution is 2.29. The van der Waals surface area contributed by atoms with Crippen LogP contribution >= 0.6 is 0 Å². The Morgan fingerprint density at radius 2 is 1.95 bits per heavy atom. The molecule has 0 aromatic heterocycles. The summed E-state index contributed by atoms with van der Waals surface area (Å²) in [6, 6.07) is 5.52. The van der Waals surface area contributed by atoms with E-state index in [4.69, 9.17) is 0 Å². The van der Waals surface area contributed by atoms with E-state index in [0.29, 0.717) is 5.92 Å². The number of nitrogens with zero attached hydrogens (tertiary/aromatic N) is 1. The molecule has 0 saturated carbocycles. The topological polar surface area (TPSA) is 15.3 Å². The zero-order valence-electron chi connectivity index (χ0n) is 11.7. The molecule has 1 aromatic carbocycles. The van der Waals surface area contributed by atoms with Crippen LogP contribution < -0.4 is 5.32 Å². The van der Waals surface area contributed by atoms with Crippen molar-refractivity contribution in [2.75, 3.05) is 26.7 Å². The van der Waals surface area contributed by atoms with Gasteiger partial charge in [-0.2, -0.15) is 13.2 Å². The van der Waals surface area contributed by atoms with E-state index in [1.165, 1.54) is 18.6 Å². The lowest BCUT2D eigenvalue weighted by Gasteiger charge is -2.32. The average molecular weight is 286 g/mol. The summed E-state index contributed by atoms with van der Waals surface area (Å²) in [7, 11) is 1.95. The van der Waals surface area contributed by atoms with E-state index < -0.39 is 11.7 Å². The number of piperidine rings is 1. The molecule has 1 aromatic rings. The molecule has 0 spiro atoms. The Morgan fingerprint density at radius 3 is 2.55 bits per heavy atom. The smallest absolute Gasteiger partial charge is 0.319 e. The van der Waals surface area contributed by atoms with Crippen molar-refractivity contribution in [2.24, 2.45) is 5.92 Å². The molecule has 0 amide bonds. The minimum absolute atomic E-state index is 0.576. The Morgan fingerprint density at radius 1 is 1.25 bits per heavy atom. The Labute approximate surface area is 118 Å². The molecule has 1 N–H and O–H groups in total. The maximum Gasteiger partial charge on any atom is 0.416 e. The van der Waals surface area contributed by atoms with Crippen molar-refractivity contribution in [3.8, 4) is 0 Å². The van der Waals surface area contributed by atoms with Crippen LogP contribution in [-0.2, 0) is 12.7 Å². The van der Waals surface area contributed by atoms with Gasteiger partial charge in [-0.05, 0) is 56.6 Å². The fraction of sp³-hybridized carbons (Fsp3) is 0.600. The van der Waals surface area contributed by atoms with Gasteiger partial charge in [-0.25, -0.2) is 0 Å². The number of benzene rings is 1. The van der Waals surface area contributed by atoms with Gasteiger partial charge >= 0.3 is 6.18 Å². The minimum atomic E-state index is -4.25. The van der Waals surface area contributed by atoms with Gasteiger partial charge in [0.25, 0.3) is 0 Å². The van der Waals surface area contributed by atoms with Crippen LogP contribution in [-0.4, -0.2) is 31.6 Å². The lowest BCUT2D eigenvalue weighted by Crippen LogP contribution is -2.38. The second-order valence-electron chi connectivity index (χ2n) is 5.50. The monoisotopic (exact) mass is 286 g/mol. The summed E-state index contributed by atoms with van der Waals surface area (Å²) in [5.41, 5.74) is 0.371. The highest BCUT2D eigenvalue weighted by atomic mass is 19.4. The Hall–Kier alpha value is -1.07. The van der Waals surface area contributed by atoms with Crippen LogP contribution in [0.1, 0.15) is 24.0 Å². The van der Waals surface area contributed by atoms with Gasteiger partial charge in [0.2, 0.25) is 0 Å². The second kappa shape index (κ2) is 6.59. The fourth-order valence-electron chi connectivity index (χ4n) is 2.81. The molecule has 2 nitrogen and oxygen atoms in total. The summed E-state index contributed by atoms with van der Waals surface area (Å²) >= 11 is 0. The van der Waals surface area contributed by atoms with Crippen LogP contribution in [0.25, 0.3) is 0 Å². The van der Waals surface area contributed by atoms with Crippen molar-refractivity contribution >= 4 is 0 Å². The lowest BCUT2D eigenvalue weighted by molar-refractivity contribution is -0.137. The van der Waals surface area contributed by atoms with Gasteiger partial charge in [0.05, 0.1) is 5.56 Å². The SMILES string of the molecule is CNCC1CCCN(Cc2ccc(C(F)(F)F)cc2)C1. The molecule has 112 valence electrons. The van der Waals surface area contributed by atoms with Gasteiger partial charge in [-0.3, -0.25) is 4.90 Å². The normalized spacial score (nSPS) is 21.1. The molecule has 20 heavy (non-hydrogen) atoms. The standard InChI is InChI=1S/C15H21F3N2/c1-19-9-13-3-2-8-20(11-13)10-12-4-6-14(7-5-12)15(16,17)18/h4-7,13,19H,2-3,8-11H2,1H3. The highest BCUT2D eigenvalue weighted by Gasteiger charge is 2.30. The lowest BCUT2D eigenvalue weighted by atomic mass is 9.97. The average Bonchev–Trinajstić information content (AvgIpc) is 2.39. The highest BCUT2D eigenvalue weighted by molar-refractivity contribution is 5.24. The Bertz CT molecular complexity index is 412. The molecule has 1 fully saturated rings. The van der Waals surface area contributed by atoms with Crippen molar-refractivity contribution in [3.05, 3.63) is 35.4 Å². The summed E-state index contributed by atoms with van der Waals surface area (Å²) in [5, 5.41) is 3.19. The van der Waals surface area contributed by atoms with E-state index in [0.717, 1.165) is 38.2 Å². The maximum atomic E-state index is 12.5. The number of rotatable bonds is 4. The third kappa shape index (κ3) is 4.21. The van der Waals surface area contributed by atoms with E-state index in [1.807, 2.05) is 7.05 Å². The number of nitrogens with one attached hydrogen (secondary N) is 1. The van der Waals surface area contributed by atoms with Gasteiger partial charge in [-0.15, -0.1) is 0 Å². The van der Waals surface area contributed by atoms with Gasteiger partial charge < -0.3 is 5.32 Å². The van der Waals surface area contributed by atoms with Gasteiger partial charge in [-0.1, -0.05) is 12.1 Å². The van der Waals surface area contributed by atoms with Crippen LogP contribution in [0.4, 0.5) is 13.2 Å². The van der Waals surface area contributed by atoms with Crippen LogP contribution in [0, 0.1) is 5.92 Å². The molecule has 1 saturated heterocycles. The van der Waals surface area contributed by atoms with Gasteiger partial charge in [0, 0.05) is 13.1 Å². The van der Waals surface area contributed by atoms with E-state index in [2.05, 4.69) is 10.2 Å². The summed E-state index contributed by atoms with van der Waals surface area (Å²) in [6.07, 6.45) is -1.86. The van der Waals surface area contributed by atoms with E-state index in [1.54, 1.807) is 12.1 Å². The fourth-order valence-corrected chi connectivity index (χ4v) is 2.81. The Kier molecular flexibility index (Phi) is 5.05. The third-order valence-corrected chi connectivity index (χ3v) is 3.78. The molecule has 1 atom stereocenters. The van der Waals surface area contributed by atoms with E-state index >= 15 is 0 Å². The molecule has 2 rings (SSSR count). The summed E-state index contributed by atoms with van der Waals surface area (Å²) in [5.74, 6) is 0.642. The van der Waals surface area contributed by atoms with Crippen LogP contribution in [0.15, 0.2) is 24.3 Å². The third-order valence-electron chi connectivity index (χ3n) is 3.78. The largest absolute Gasteiger partial charge is 0.416 e. The quantitative estimate of drug-likeness (QED) is 0.915. The molecular weight excluding hydrogens is 265 g/mol. The van der Waals surface area contributed by atoms with Crippen LogP contribution in [0.5, 0.6) is 0 Å². The number of halogens is 3. The predicted octanol–water partition coefficient (Wildman–Crippen LogP) is 3.14. The molecule has 0 bridgehead atoms. The van der Waals surface area contributed by atoms with Crippen molar-refractivity contribution in [1.29, 1.82) is 0 Å². The van der Waals surface area contributed by atoms with Crippen molar-refractivity contribution in [1.82, 2.24) is 10.2 Å². The molecular formula is C15H21F3N2. The molecule has 1 aliphatic rings. The molecule has 0 radical (unpaired) electrons. The molecule has 5 heteroatoms. The molecule has 1 unspecified atom stereocenters. The zero-order chi connectivity index (χ0) is 14.6. The predicted molar refractivity (Wildman–Crippen MR) is 73.4 cm³/mol. The molecule has 0 aliphatic carbocycles. The first-order valence-corrected chi connectivity index (χ1v) is 7.02. The van der Waals surface area contributed by atoms with Crippen LogP contribution in [0.3, 0.4) is 0 Å². The summed E-state index contributed by atoms with van der Waals surface area (Å²) in [6.45, 7) is 3.78. The summed E-state index contributed by atoms with van der Waals surface area (Å²) in [4.78, 5) is 2.33. The summed E-state index contributed by atoms with van der Waals surface area (Å²) < 4.78 is 37.5. The van der Waals surface area contributed by atoms with Crippen molar-refractivity contribution in [3.63, 3.8) is 0 Å². The van der Waals surface area contributed by atoms with E-state index in [-0.39, 0.29) is 0 Å². The number of likely N-dealkylation sites (tertiary alicyclic amines) is 1. The first-order chi connectivity index (χ1) is 9.49. The first-order valence-electron chi connectivity index (χ1n) is 7.02. The second-order valence-corrected chi connectivity index (χ2v) is 5.50. The number of alkyl halides is 3. The Balaban J connectivity index is 1.93.